The fourth-order valence-corrected chi connectivity index (χ4v) is 4.49. The van der Waals surface area contributed by atoms with Gasteiger partial charge in [-0.05, 0) is 48.6 Å². The highest BCUT2D eigenvalue weighted by Crippen LogP contribution is 2.36. The molecule has 0 aliphatic carbocycles. The normalized spacial score (nSPS) is 12.3. The number of nitrogens with one attached hydrogen (secondary N) is 1. The van der Waals surface area contributed by atoms with Crippen LogP contribution in [-0.2, 0) is 11.2 Å². The summed E-state index contributed by atoms with van der Waals surface area (Å²) in [6, 6.07) is 9.62. The second kappa shape index (κ2) is 8.34. The second-order valence-corrected chi connectivity index (χ2v) is 8.21. The Morgan fingerprint density at radius 1 is 1.27 bits per heavy atom. The Bertz CT molecular complexity index is 1230. The van der Waals surface area contributed by atoms with E-state index in [-0.39, 0.29) is 22.4 Å². The number of nitrogens with zero attached hydrogens (tertiary/aromatic N) is 2. The number of oxazole rings is 1. The number of amides is 1. The number of anilines is 1. The van der Waals surface area contributed by atoms with Crippen molar-refractivity contribution in [1.82, 2.24) is 9.36 Å². The van der Waals surface area contributed by atoms with Crippen molar-refractivity contribution >= 4 is 56.7 Å². The molecule has 2 aromatic carbocycles. The summed E-state index contributed by atoms with van der Waals surface area (Å²) in [5.74, 6) is -1.30. The molecule has 0 saturated carbocycles. The highest BCUT2D eigenvalue weighted by molar-refractivity contribution is 7.11. The maximum absolute atomic E-state index is 14.3. The summed E-state index contributed by atoms with van der Waals surface area (Å²) in [5, 5.41) is 3.99. The third kappa shape index (κ3) is 3.69. The van der Waals surface area contributed by atoms with Gasteiger partial charge in [-0.15, -0.1) is 0 Å². The molecule has 1 unspecified atom stereocenters. The highest BCUT2D eigenvalue weighted by atomic mass is 35.5. The first-order valence-corrected chi connectivity index (χ1v) is 10.7. The highest BCUT2D eigenvalue weighted by Gasteiger charge is 2.24. The van der Waals surface area contributed by atoms with Crippen molar-refractivity contribution < 1.29 is 13.6 Å². The maximum Gasteiger partial charge on any atom is 0.232 e. The monoisotopic (exact) mass is 463 g/mol. The van der Waals surface area contributed by atoms with Gasteiger partial charge in [0.1, 0.15) is 16.3 Å². The number of para-hydroxylation sites is 1. The molecule has 0 bridgehead atoms. The van der Waals surface area contributed by atoms with E-state index in [1.807, 2.05) is 6.92 Å². The molecule has 0 saturated heterocycles. The smallest absolute Gasteiger partial charge is 0.232 e. The van der Waals surface area contributed by atoms with E-state index in [4.69, 9.17) is 27.6 Å². The van der Waals surface area contributed by atoms with Gasteiger partial charge in [0.2, 0.25) is 11.8 Å². The zero-order valence-corrected chi connectivity index (χ0v) is 18.3. The molecule has 0 fully saturated rings. The molecule has 0 aliphatic rings. The van der Waals surface area contributed by atoms with Crippen molar-refractivity contribution in [2.45, 2.75) is 26.2 Å². The SMILES string of the molecule is CCc1nsc(NC(=O)C(C)c2cccc3oc(-c4c(F)cccc4Cl)nc23)c1Cl. The topological polar surface area (TPSA) is 68.0 Å². The molecule has 9 heteroatoms. The van der Waals surface area contributed by atoms with Crippen LogP contribution in [-0.4, -0.2) is 15.3 Å². The summed E-state index contributed by atoms with van der Waals surface area (Å²) < 4.78 is 24.3. The summed E-state index contributed by atoms with van der Waals surface area (Å²) in [6.07, 6.45) is 0.681. The van der Waals surface area contributed by atoms with E-state index >= 15 is 0 Å². The Morgan fingerprint density at radius 2 is 2.03 bits per heavy atom. The lowest BCUT2D eigenvalue weighted by atomic mass is 9.99. The molecule has 0 spiro atoms. The molecule has 154 valence electrons. The lowest BCUT2D eigenvalue weighted by Gasteiger charge is -2.12. The van der Waals surface area contributed by atoms with Gasteiger partial charge in [0.05, 0.1) is 27.2 Å². The van der Waals surface area contributed by atoms with Crippen LogP contribution in [0.3, 0.4) is 0 Å². The van der Waals surface area contributed by atoms with Gasteiger partial charge < -0.3 is 9.73 Å². The van der Waals surface area contributed by atoms with Crippen LogP contribution in [0.15, 0.2) is 40.8 Å². The van der Waals surface area contributed by atoms with E-state index in [1.165, 1.54) is 12.1 Å². The van der Waals surface area contributed by atoms with Gasteiger partial charge in [-0.2, -0.15) is 4.37 Å². The number of aryl methyl sites for hydroxylation is 1. The van der Waals surface area contributed by atoms with Gasteiger partial charge in [0.25, 0.3) is 0 Å². The molecule has 2 heterocycles. The lowest BCUT2D eigenvalue weighted by molar-refractivity contribution is -0.117. The number of carbonyl (C=O) groups excluding carboxylic acids is 1. The van der Waals surface area contributed by atoms with Crippen molar-refractivity contribution in [3.8, 4) is 11.5 Å². The first-order valence-electron chi connectivity index (χ1n) is 9.19. The van der Waals surface area contributed by atoms with Crippen molar-refractivity contribution in [1.29, 1.82) is 0 Å². The number of benzene rings is 2. The number of halogens is 3. The van der Waals surface area contributed by atoms with Crippen molar-refractivity contribution in [2.75, 3.05) is 5.32 Å². The maximum atomic E-state index is 14.3. The van der Waals surface area contributed by atoms with Crippen LogP contribution in [0.1, 0.15) is 31.0 Å². The molecule has 1 N–H and O–H groups in total. The summed E-state index contributed by atoms with van der Waals surface area (Å²) in [5.41, 5.74) is 2.38. The van der Waals surface area contributed by atoms with Gasteiger partial charge >= 0.3 is 0 Å². The van der Waals surface area contributed by atoms with E-state index in [9.17, 15) is 9.18 Å². The first-order chi connectivity index (χ1) is 14.4. The molecular weight excluding hydrogens is 448 g/mol. The summed E-state index contributed by atoms with van der Waals surface area (Å²) in [7, 11) is 0. The summed E-state index contributed by atoms with van der Waals surface area (Å²) in [4.78, 5) is 17.3. The predicted octanol–water partition coefficient (Wildman–Crippen LogP) is 6.70. The van der Waals surface area contributed by atoms with E-state index in [0.717, 1.165) is 17.2 Å². The van der Waals surface area contributed by atoms with Gasteiger partial charge in [-0.25, -0.2) is 9.37 Å². The van der Waals surface area contributed by atoms with Crippen LogP contribution in [0.2, 0.25) is 10.0 Å². The molecule has 4 aromatic rings. The molecular formula is C21H16Cl2FN3O2S. The van der Waals surface area contributed by atoms with E-state index < -0.39 is 11.7 Å². The largest absolute Gasteiger partial charge is 0.436 e. The number of hydrogen-bond acceptors (Lipinski definition) is 5. The number of rotatable bonds is 5. The van der Waals surface area contributed by atoms with Gasteiger partial charge in [-0.3, -0.25) is 4.79 Å². The summed E-state index contributed by atoms with van der Waals surface area (Å²) >= 11 is 13.6. The van der Waals surface area contributed by atoms with Crippen molar-refractivity contribution in [3.63, 3.8) is 0 Å². The Kier molecular flexibility index (Phi) is 5.77. The second-order valence-electron chi connectivity index (χ2n) is 6.65. The Labute approximate surface area is 186 Å². The van der Waals surface area contributed by atoms with Crippen LogP contribution in [0.5, 0.6) is 0 Å². The standard InChI is InChI=1S/C21H16Cl2FN3O2S/c1-3-14-17(23)21(30-27-14)26-19(28)10(2)11-6-4-9-15-18(11)25-20(29-15)16-12(22)7-5-8-13(16)24/h4-10H,3H2,1-2H3,(H,26,28). The third-order valence-electron chi connectivity index (χ3n) is 4.76. The minimum atomic E-state index is -0.564. The molecule has 30 heavy (non-hydrogen) atoms. The fraction of sp³-hybridized carbons (Fsp3) is 0.190. The number of aromatic nitrogens is 2. The molecule has 0 aliphatic heterocycles. The van der Waals surface area contributed by atoms with Gasteiger partial charge in [0.15, 0.2) is 5.58 Å². The van der Waals surface area contributed by atoms with Crippen LogP contribution < -0.4 is 5.32 Å². The zero-order chi connectivity index (χ0) is 21.4. The number of fused-ring (bicyclic) bond motifs is 1. The number of carbonyl (C=O) groups is 1. The minimum absolute atomic E-state index is 0.0613. The van der Waals surface area contributed by atoms with Crippen molar-refractivity contribution in [3.05, 3.63) is 63.5 Å². The van der Waals surface area contributed by atoms with Gasteiger partial charge in [0, 0.05) is 0 Å². The van der Waals surface area contributed by atoms with Crippen LogP contribution >= 0.6 is 34.7 Å². The van der Waals surface area contributed by atoms with Gasteiger partial charge in [-0.1, -0.05) is 48.3 Å². The Balaban J connectivity index is 1.69. The molecule has 0 radical (unpaired) electrons. The minimum Gasteiger partial charge on any atom is -0.436 e. The third-order valence-corrected chi connectivity index (χ3v) is 6.39. The average molecular weight is 464 g/mol. The molecule has 1 atom stereocenters. The number of hydrogen-bond donors (Lipinski definition) is 1. The van der Waals surface area contributed by atoms with Crippen LogP contribution in [0.4, 0.5) is 9.39 Å². The van der Waals surface area contributed by atoms with E-state index in [1.54, 1.807) is 31.2 Å². The Morgan fingerprint density at radius 3 is 2.73 bits per heavy atom. The molecule has 5 nitrogen and oxygen atoms in total. The first kappa shape index (κ1) is 20.8. The molecule has 2 aromatic heterocycles. The molecule has 1 amide bonds. The summed E-state index contributed by atoms with van der Waals surface area (Å²) in [6.45, 7) is 3.70. The van der Waals surface area contributed by atoms with Crippen LogP contribution in [0, 0.1) is 5.82 Å². The average Bonchev–Trinajstić information content (AvgIpc) is 3.30. The van der Waals surface area contributed by atoms with Crippen molar-refractivity contribution in [2.24, 2.45) is 0 Å². The quantitative estimate of drug-likeness (QED) is 0.357. The Hall–Kier alpha value is -2.48. The zero-order valence-electron chi connectivity index (χ0n) is 16.0. The van der Waals surface area contributed by atoms with E-state index in [0.29, 0.717) is 33.1 Å². The van der Waals surface area contributed by atoms with Crippen LogP contribution in [0.25, 0.3) is 22.6 Å². The fourth-order valence-electron chi connectivity index (χ4n) is 3.10. The lowest BCUT2D eigenvalue weighted by Crippen LogP contribution is -2.18. The molecule has 4 rings (SSSR count). The van der Waals surface area contributed by atoms with E-state index in [2.05, 4.69) is 14.7 Å². The predicted molar refractivity (Wildman–Crippen MR) is 118 cm³/mol.